The molecule has 186 valence electrons. The van der Waals surface area contributed by atoms with Crippen LogP contribution in [-0.4, -0.2) is 25.3 Å². The molecule has 9 heteroatoms. The van der Waals surface area contributed by atoms with Gasteiger partial charge in [0.1, 0.15) is 16.6 Å². The van der Waals surface area contributed by atoms with Gasteiger partial charge in [-0.3, -0.25) is 4.90 Å². The van der Waals surface area contributed by atoms with E-state index in [-0.39, 0.29) is 35.3 Å². The van der Waals surface area contributed by atoms with Gasteiger partial charge < -0.3 is 9.47 Å². The third kappa shape index (κ3) is 6.27. The Morgan fingerprint density at radius 3 is 2.26 bits per heavy atom. The molecule has 0 aliphatic carbocycles. The topological polar surface area (TPSA) is 55.8 Å². The predicted molar refractivity (Wildman–Crippen MR) is 137 cm³/mol. The number of halogens is 3. The van der Waals surface area contributed by atoms with Crippen molar-refractivity contribution in [3.63, 3.8) is 0 Å². The van der Waals surface area contributed by atoms with E-state index in [1.54, 1.807) is 13.8 Å². The van der Waals surface area contributed by atoms with Crippen LogP contribution in [-0.2, 0) is 16.0 Å². The molecule has 0 atom stereocenters. The fourth-order valence-corrected chi connectivity index (χ4v) is 4.94. The Hall–Kier alpha value is -2.78. The highest BCUT2D eigenvalue weighted by Crippen LogP contribution is 2.43. The molecule has 35 heavy (non-hydrogen) atoms. The normalized spacial score (nSPS) is 11.0. The number of amides is 1. The molecular formula is C26H26BrF2NO4S. The fourth-order valence-electron chi connectivity index (χ4n) is 3.39. The molecule has 0 aliphatic heterocycles. The van der Waals surface area contributed by atoms with Crippen LogP contribution < -0.4 is 4.90 Å². The number of carbonyl (C=O) groups excluding carboxylic acids is 2. The molecular weight excluding hydrogens is 540 g/mol. The molecule has 3 rings (SSSR count). The summed E-state index contributed by atoms with van der Waals surface area (Å²) in [6.45, 7) is 6.96. The number of hydrogen-bond acceptors (Lipinski definition) is 5. The van der Waals surface area contributed by atoms with Crippen molar-refractivity contribution in [1.29, 1.82) is 0 Å². The van der Waals surface area contributed by atoms with Crippen LogP contribution in [0.3, 0.4) is 0 Å². The Bertz CT molecular complexity index is 1190. The van der Waals surface area contributed by atoms with E-state index in [1.165, 1.54) is 6.07 Å². The van der Waals surface area contributed by atoms with E-state index in [2.05, 4.69) is 15.9 Å². The lowest BCUT2D eigenvalue weighted by atomic mass is 10.1. The Labute approximate surface area is 215 Å². The molecule has 1 amide bonds. The first-order chi connectivity index (χ1) is 16.6. The van der Waals surface area contributed by atoms with Crippen LogP contribution in [0.25, 0.3) is 10.4 Å². The Balaban J connectivity index is 2.19. The van der Waals surface area contributed by atoms with E-state index in [0.29, 0.717) is 5.56 Å². The summed E-state index contributed by atoms with van der Waals surface area (Å²) in [4.78, 5) is 28.1. The minimum atomic E-state index is -0.810. The zero-order chi connectivity index (χ0) is 25.7. The van der Waals surface area contributed by atoms with Crippen LogP contribution >= 0.6 is 27.3 Å². The number of nitrogens with zero attached hydrogens (tertiary/aromatic N) is 1. The lowest BCUT2D eigenvalue weighted by molar-refractivity contribution is 0.0527. The Morgan fingerprint density at radius 1 is 1.06 bits per heavy atom. The molecule has 0 bridgehead atoms. The average Bonchev–Trinajstić information content (AvgIpc) is 3.14. The van der Waals surface area contributed by atoms with Crippen molar-refractivity contribution in [3.8, 4) is 10.4 Å². The molecule has 0 saturated carbocycles. The highest BCUT2D eigenvalue weighted by atomic mass is 79.9. The average molecular weight is 566 g/mol. The number of thiophene rings is 1. The maximum Gasteiger partial charge on any atom is 0.415 e. The van der Waals surface area contributed by atoms with Crippen molar-refractivity contribution in [1.82, 2.24) is 0 Å². The molecule has 3 aromatic rings. The van der Waals surface area contributed by atoms with E-state index in [1.807, 2.05) is 38.1 Å². The number of esters is 1. The number of carbonyl (C=O) groups is 2. The molecule has 1 aromatic heterocycles. The lowest BCUT2D eigenvalue weighted by Crippen LogP contribution is -2.33. The molecule has 0 saturated heterocycles. The second-order valence-electron chi connectivity index (χ2n) is 8.22. The summed E-state index contributed by atoms with van der Waals surface area (Å²) in [5.41, 5.74) is 1.27. The second kappa shape index (κ2) is 11.8. The first-order valence-corrected chi connectivity index (χ1v) is 12.7. The van der Waals surface area contributed by atoms with E-state index < -0.39 is 30.2 Å². The summed E-state index contributed by atoms with van der Waals surface area (Å²) in [5.74, 6) is -2.19. The van der Waals surface area contributed by atoms with Crippen LogP contribution in [0.15, 0.2) is 46.9 Å². The minimum absolute atomic E-state index is 0.0407. The van der Waals surface area contributed by atoms with E-state index in [9.17, 15) is 18.4 Å². The molecule has 1 heterocycles. The fraction of sp³-hybridized carbons (Fsp3) is 0.308. The standard InChI is InChI=1S/C26H26BrF2NO4S/c1-5-33-25(31)22-16(4)23(17-9-11-18(27)12-10-17)35-24(22)30(26(32)34-14-15(2)3)13-19-20(28)7-6-8-21(19)29/h6-12,15H,5,13-14H2,1-4H3. The second-order valence-corrected chi connectivity index (χ2v) is 10.1. The number of hydrogen-bond donors (Lipinski definition) is 0. The van der Waals surface area contributed by atoms with Crippen molar-refractivity contribution >= 4 is 44.3 Å². The monoisotopic (exact) mass is 565 g/mol. The zero-order valence-electron chi connectivity index (χ0n) is 19.9. The van der Waals surface area contributed by atoms with Crippen molar-refractivity contribution in [3.05, 3.63) is 75.3 Å². The number of benzene rings is 2. The molecule has 0 fully saturated rings. The van der Waals surface area contributed by atoms with Gasteiger partial charge >= 0.3 is 12.1 Å². The van der Waals surface area contributed by atoms with Gasteiger partial charge in [0, 0.05) is 14.9 Å². The van der Waals surface area contributed by atoms with Gasteiger partial charge in [-0.25, -0.2) is 18.4 Å². The highest BCUT2D eigenvalue weighted by Gasteiger charge is 2.31. The van der Waals surface area contributed by atoms with Gasteiger partial charge in [0.25, 0.3) is 0 Å². The van der Waals surface area contributed by atoms with Gasteiger partial charge in [-0.15, -0.1) is 11.3 Å². The summed E-state index contributed by atoms with van der Waals surface area (Å²) in [7, 11) is 0. The van der Waals surface area contributed by atoms with Gasteiger partial charge in [-0.2, -0.15) is 0 Å². The third-order valence-electron chi connectivity index (χ3n) is 5.10. The number of rotatable bonds is 8. The van der Waals surface area contributed by atoms with E-state index in [4.69, 9.17) is 9.47 Å². The van der Waals surface area contributed by atoms with Crippen LogP contribution in [0.4, 0.5) is 18.6 Å². The smallest absolute Gasteiger partial charge is 0.415 e. The molecule has 0 unspecified atom stereocenters. The summed E-state index contributed by atoms with van der Waals surface area (Å²) < 4.78 is 40.7. The minimum Gasteiger partial charge on any atom is -0.462 e. The maximum absolute atomic E-state index is 14.6. The molecule has 0 aliphatic rings. The van der Waals surface area contributed by atoms with Crippen LogP contribution in [0.2, 0.25) is 0 Å². The molecule has 0 N–H and O–H groups in total. The molecule has 0 spiro atoms. The zero-order valence-corrected chi connectivity index (χ0v) is 22.3. The SMILES string of the molecule is CCOC(=O)c1c(N(Cc2c(F)cccc2F)C(=O)OCC(C)C)sc(-c2ccc(Br)cc2)c1C. The predicted octanol–water partition coefficient (Wildman–Crippen LogP) is 7.74. The first kappa shape index (κ1) is 26.8. The summed E-state index contributed by atoms with van der Waals surface area (Å²) in [5, 5.41) is 0.204. The van der Waals surface area contributed by atoms with Crippen molar-refractivity contribution in [2.75, 3.05) is 18.1 Å². The van der Waals surface area contributed by atoms with Gasteiger partial charge in [0.2, 0.25) is 0 Å². The number of anilines is 1. The quantitative estimate of drug-likeness (QED) is 0.262. The maximum atomic E-state index is 14.6. The molecule has 2 aromatic carbocycles. The van der Waals surface area contributed by atoms with Gasteiger partial charge in [-0.1, -0.05) is 48.0 Å². The van der Waals surface area contributed by atoms with Crippen LogP contribution in [0, 0.1) is 24.5 Å². The van der Waals surface area contributed by atoms with Crippen molar-refractivity contribution < 1.29 is 27.8 Å². The van der Waals surface area contributed by atoms with Crippen molar-refractivity contribution in [2.45, 2.75) is 34.2 Å². The summed E-state index contributed by atoms with van der Waals surface area (Å²) in [6, 6.07) is 11.0. The van der Waals surface area contributed by atoms with Crippen molar-refractivity contribution in [2.24, 2.45) is 5.92 Å². The van der Waals surface area contributed by atoms with Gasteiger partial charge in [0.05, 0.1) is 25.3 Å². The first-order valence-electron chi connectivity index (χ1n) is 11.1. The van der Waals surface area contributed by atoms with Crippen LogP contribution in [0.5, 0.6) is 0 Å². The molecule has 5 nitrogen and oxygen atoms in total. The lowest BCUT2D eigenvalue weighted by Gasteiger charge is -2.23. The highest BCUT2D eigenvalue weighted by molar-refractivity contribution is 9.10. The largest absolute Gasteiger partial charge is 0.462 e. The molecule has 0 radical (unpaired) electrons. The summed E-state index contributed by atoms with van der Waals surface area (Å²) >= 11 is 4.58. The van der Waals surface area contributed by atoms with Crippen LogP contribution in [0.1, 0.15) is 42.3 Å². The Morgan fingerprint density at radius 2 is 1.69 bits per heavy atom. The Kier molecular flexibility index (Phi) is 9.02. The third-order valence-corrected chi connectivity index (χ3v) is 6.99. The van der Waals surface area contributed by atoms with Gasteiger partial charge in [-0.05, 0) is 55.2 Å². The van der Waals surface area contributed by atoms with Gasteiger partial charge in [0.15, 0.2) is 0 Å². The summed E-state index contributed by atoms with van der Waals surface area (Å²) in [6.07, 6.45) is -0.810. The van der Waals surface area contributed by atoms with E-state index in [0.717, 1.165) is 43.3 Å². The number of ether oxygens (including phenoxy) is 2. The van der Waals surface area contributed by atoms with E-state index >= 15 is 0 Å².